The fraction of sp³-hybridized carbons (Fsp3) is 0.0833. The molecule has 0 unspecified atom stereocenters. The van der Waals surface area contributed by atoms with Crippen molar-refractivity contribution in [1.82, 2.24) is 0 Å². The number of amides is 1. The van der Waals surface area contributed by atoms with Crippen LogP contribution in [0.15, 0.2) is 83.5 Å². The second-order valence-electron chi connectivity index (χ2n) is 6.72. The summed E-state index contributed by atoms with van der Waals surface area (Å²) in [6, 6.07) is 21.1. The first kappa shape index (κ1) is 18.6. The Hall–Kier alpha value is -3.73. The molecule has 3 aromatic carbocycles. The van der Waals surface area contributed by atoms with Gasteiger partial charge in [-0.1, -0.05) is 24.3 Å². The number of hydrogen-bond acceptors (Lipinski definition) is 3. The van der Waals surface area contributed by atoms with Crippen LogP contribution in [0.1, 0.15) is 16.7 Å². The molecule has 3 aromatic rings. The third kappa shape index (κ3) is 3.80. The molecular weight excluding hydrogens is 367 g/mol. The zero-order chi connectivity index (χ0) is 20.4. The minimum absolute atomic E-state index is 0.231. The van der Waals surface area contributed by atoms with E-state index in [9.17, 15) is 9.18 Å². The summed E-state index contributed by atoms with van der Waals surface area (Å²) in [6.45, 7) is 1.98. The highest BCUT2D eigenvalue weighted by atomic mass is 19.1. The van der Waals surface area contributed by atoms with E-state index >= 15 is 0 Å². The van der Waals surface area contributed by atoms with Crippen molar-refractivity contribution in [2.75, 3.05) is 12.0 Å². The smallest absolute Gasteiger partial charge is 0.282 e. The molecule has 1 aliphatic heterocycles. The molecule has 0 spiro atoms. The topological polar surface area (TPSA) is 41.9 Å². The summed E-state index contributed by atoms with van der Waals surface area (Å²) in [6.07, 6.45) is 1.67. The molecule has 144 valence electrons. The van der Waals surface area contributed by atoms with Crippen LogP contribution in [0.4, 0.5) is 10.1 Å². The van der Waals surface area contributed by atoms with Crippen LogP contribution in [0.25, 0.3) is 6.08 Å². The minimum atomic E-state index is -0.325. The largest absolute Gasteiger partial charge is 0.497 e. The van der Waals surface area contributed by atoms with Crippen molar-refractivity contribution in [3.8, 4) is 5.75 Å². The highest BCUT2D eigenvalue weighted by Gasteiger charge is 2.32. The monoisotopic (exact) mass is 386 g/mol. The second-order valence-corrected chi connectivity index (χ2v) is 6.72. The molecule has 0 bridgehead atoms. The number of aryl methyl sites for hydroxylation is 1. The maximum absolute atomic E-state index is 13.2. The average molecular weight is 386 g/mol. The number of hydrogen-bond donors (Lipinski definition) is 0. The highest BCUT2D eigenvalue weighted by Crippen LogP contribution is 2.29. The van der Waals surface area contributed by atoms with Crippen molar-refractivity contribution < 1.29 is 13.9 Å². The Morgan fingerprint density at radius 3 is 2.38 bits per heavy atom. The van der Waals surface area contributed by atoms with Gasteiger partial charge in [-0.2, -0.15) is 0 Å². The lowest BCUT2D eigenvalue weighted by Gasteiger charge is -2.19. The Kier molecular flexibility index (Phi) is 4.96. The van der Waals surface area contributed by atoms with E-state index < -0.39 is 0 Å². The van der Waals surface area contributed by atoms with Gasteiger partial charge in [0.25, 0.3) is 5.91 Å². The molecule has 0 atom stereocenters. The quantitative estimate of drug-likeness (QED) is 0.594. The minimum Gasteiger partial charge on any atom is -0.497 e. The summed E-state index contributed by atoms with van der Waals surface area (Å²) in [7, 11) is 1.61. The molecule has 0 saturated carbocycles. The Balaban J connectivity index is 1.81. The number of anilines is 1. The van der Waals surface area contributed by atoms with E-state index in [1.807, 2.05) is 55.5 Å². The first-order valence-corrected chi connectivity index (χ1v) is 9.16. The lowest BCUT2D eigenvalue weighted by atomic mass is 10.1. The van der Waals surface area contributed by atoms with E-state index in [-0.39, 0.29) is 11.7 Å². The normalized spacial score (nSPS) is 15.0. The number of carbonyl (C=O) groups is 1. The molecule has 0 radical (unpaired) electrons. The third-order valence-corrected chi connectivity index (χ3v) is 4.64. The van der Waals surface area contributed by atoms with Gasteiger partial charge >= 0.3 is 0 Å². The van der Waals surface area contributed by atoms with E-state index in [4.69, 9.17) is 4.74 Å². The van der Waals surface area contributed by atoms with E-state index in [1.165, 1.54) is 12.1 Å². The Bertz CT molecular complexity index is 1120. The SMILES string of the molecule is COc1ccc(C2=N/C(=C/c3ccc(F)cc3)C(=O)N2c2cccc(C)c2)cc1. The number of benzene rings is 3. The summed E-state index contributed by atoms with van der Waals surface area (Å²) in [4.78, 5) is 19.5. The summed E-state index contributed by atoms with van der Waals surface area (Å²) in [5.74, 6) is 0.707. The van der Waals surface area contributed by atoms with Gasteiger partial charge in [0.2, 0.25) is 0 Å². The molecule has 1 amide bonds. The summed E-state index contributed by atoms with van der Waals surface area (Å²) in [5.41, 5.74) is 3.58. The zero-order valence-corrected chi connectivity index (χ0v) is 16.1. The summed E-state index contributed by atoms with van der Waals surface area (Å²) < 4.78 is 18.4. The lowest BCUT2D eigenvalue weighted by Crippen LogP contribution is -2.32. The molecule has 4 rings (SSSR count). The number of nitrogens with zero attached hydrogens (tertiary/aromatic N) is 2. The molecule has 0 N–H and O–H groups in total. The predicted molar refractivity (Wildman–Crippen MR) is 113 cm³/mol. The zero-order valence-electron chi connectivity index (χ0n) is 16.1. The van der Waals surface area contributed by atoms with Crippen LogP contribution in [-0.2, 0) is 4.79 Å². The molecule has 4 nitrogen and oxygen atoms in total. The first-order chi connectivity index (χ1) is 14.0. The van der Waals surface area contributed by atoms with Crippen LogP contribution < -0.4 is 9.64 Å². The molecule has 5 heteroatoms. The second kappa shape index (κ2) is 7.72. The van der Waals surface area contributed by atoms with E-state index in [0.29, 0.717) is 17.1 Å². The maximum Gasteiger partial charge on any atom is 0.282 e. The van der Waals surface area contributed by atoms with Gasteiger partial charge in [0.15, 0.2) is 0 Å². The Morgan fingerprint density at radius 2 is 1.72 bits per heavy atom. The van der Waals surface area contributed by atoms with Crippen LogP contribution in [0, 0.1) is 12.7 Å². The molecule has 0 fully saturated rings. The Labute approximate surface area is 168 Å². The molecule has 1 heterocycles. The van der Waals surface area contributed by atoms with Crippen LogP contribution >= 0.6 is 0 Å². The first-order valence-electron chi connectivity index (χ1n) is 9.16. The molecule has 1 aliphatic rings. The van der Waals surface area contributed by atoms with Gasteiger partial charge in [-0.3, -0.25) is 9.69 Å². The number of ether oxygens (including phenoxy) is 1. The van der Waals surface area contributed by atoms with E-state index in [0.717, 1.165) is 22.6 Å². The third-order valence-electron chi connectivity index (χ3n) is 4.64. The van der Waals surface area contributed by atoms with Gasteiger partial charge in [-0.15, -0.1) is 0 Å². The van der Waals surface area contributed by atoms with Gasteiger partial charge in [-0.05, 0) is 72.7 Å². The molecule has 0 aromatic heterocycles. The number of rotatable bonds is 4. The van der Waals surface area contributed by atoms with E-state index in [2.05, 4.69) is 4.99 Å². The van der Waals surface area contributed by atoms with Crippen LogP contribution in [0.2, 0.25) is 0 Å². The van der Waals surface area contributed by atoms with Gasteiger partial charge in [0.1, 0.15) is 23.1 Å². The average Bonchev–Trinajstić information content (AvgIpc) is 3.06. The number of methoxy groups -OCH3 is 1. The van der Waals surface area contributed by atoms with Gasteiger partial charge in [-0.25, -0.2) is 9.38 Å². The van der Waals surface area contributed by atoms with Crippen LogP contribution in [0.3, 0.4) is 0 Å². The van der Waals surface area contributed by atoms with Crippen molar-refractivity contribution in [2.24, 2.45) is 4.99 Å². The summed E-state index contributed by atoms with van der Waals surface area (Å²) in [5, 5.41) is 0. The van der Waals surface area contributed by atoms with Crippen LogP contribution in [0.5, 0.6) is 5.75 Å². The maximum atomic E-state index is 13.2. The van der Waals surface area contributed by atoms with Crippen molar-refractivity contribution >= 4 is 23.5 Å². The van der Waals surface area contributed by atoms with Crippen molar-refractivity contribution in [3.63, 3.8) is 0 Å². The van der Waals surface area contributed by atoms with Crippen molar-refractivity contribution in [3.05, 3.63) is 101 Å². The predicted octanol–water partition coefficient (Wildman–Crippen LogP) is 4.98. The lowest BCUT2D eigenvalue weighted by molar-refractivity contribution is -0.113. The number of halogens is 1. The van der Waals surface area contributed by atoms with E-state index in [1.54, 1.807) is 30.2 Å². The summed E-state index contributed by atoms with van der Waals surface area (Å²) >= 11 is 0. The molecule has 0 aliphatic carbocycles. The number of carbonyl (C=O) groups excluding carboxylic acids is 1. The van der Waals surface area contributed by atoms with Gasteiger partial charge < -0.3 is 4.74 Å². The number of amidine groups is 1. The van der Waals surface area contributed by atoms with Crippen molar-refractivity contribution in [1.29, 1.82) is 0 Å². The van der Waals surface area contributed by atoms with Crippen LogP contribution in [-0.4, -0.2) is 18.9 Å². The molecule has 29 heavy (non-hydrogen) atoms. The fourth-order valence-corrected chi connectivity index (χ4v) is 3.17. The fourth-order valence-electron chi connectivity index (χ4n) is 3.17. The molecular formula is C24H19FN2O2. The highest BCUT2D eigenvalue weighted by molar-refractivity contribution is 6.33. The van der Waals surface area contributed by atoms with Gasteiger partial charge in [0, 0.05) is 5.56 Å². The van der Waals surface area contributed by atoms with Crippen molar-refractivity contribution in [2.45, 2.75) is 6.92 Å². The number of aliphatic imine (C=N–C) groups is 1. The standard InChI is InChI=1S/C24H19FN2O2/c1-16-4-3-5-20(14-16)27-23(18-8-12-21(29-2)13-9-18)26-22(24(27)28)15-17-6-10-19(25)11-7-17/h3-15H,1-2H3/b22-15+. The Morgan fingerprint density at radius 1 is 1.00 bits per heavy atom. The molecule has 0 saturated heterocycles. The van der Waals surface area contributed by atoms with Gasteiger partial charge in [0.05, 0.1) is 12.8 Å².